The molecule has 5 heteroatoms. The van der Waals surface area contributed by atoms with Crippen molar-refractivity contribution in [2.45, 2.75) is 42.8 Å². The van der Waals surface area contributed by atoms with E-state index in [0.29, 0.717) is 18.0 Å². The van der Waals surface area contributed by atoms with Gasteiger partial charge >= 0.3 is 0 Å². The number of fused-ring (bicyclic) bond motifs is 3. The molecule has 0 bridgehead atoms. The Morgan fingerprint density at radius 1 is 0.806 bits per heavy atom. The van der Waals surface area contributed by atoms with Crippen molar-refractivity contribution in [3.05, 3.63) is 131 Å². The van der Waals surface area contributed by atoms with Gasteiger partial charge in [0.05, 0.1) is 4.90 Å². The lowest BCUT2D eigenvalue weighted by Gasteiger charge is -2.37. The summed E-state index contributed by atoms with van der Waals surface area (Å²) in [7, 11) is -3.74. The minimum Gasteiger partial charge on any atom is -0.349 e. The van der Waals surface area contributed by atoms with Crippen LogP contribution in [-0.4, -0.2) is 25.4 Å². The average molecular weight is 495 g/mol. The van der Waals surface area contributed by atoms with Crippen LogP contribution in [0.3, 0.4) is 0 Å². The number of anilines is 1. The largest absolute Gasteiger partial charge is 0.349 e. The summed E-state index contributed by atoms with van der Waals surface area (Å²) >= 11 is 0. The summed E-state index contributed by atoms with van der Waals surface area (Å²) in [5, 5.41) is 0. The first-order valence-electron chi connectivity index (χ1n) is 12.4. The predicted molar refractivity (Wildman–Crippen MR) is 144 cm³/mol. The molecule has 0 amide bonds. The van der Waals surface area contributed by atoms with Crippen LogP contribution in [0.15, 0.2) is 114 Å². The van der Waals surface area contributed by atoms with E-state index in [-0.39, 0.29) is 12.1 Å². The summed E-state index contributed by atoms with van der Waals surface area (Å²) in [6.07, 6.45) is -0.341. The fraction of sp³-hybridized carbons (Fsp3) is 0.226. The Morgan fingerprint density at radius 3 is 2.11 bits per heavy atom. The minimum absolute atomic E-state index is 0.0193. The summed E-state index contributed by atoms with van der Waals surface area (Å²) in [4.78, 5) is 2.65. The molecule has 182 valence electrons. The van der Waals surface area contributed by atoms with Gasteiger partial charge in [0.2, 0.25) is 10.0 Å². The summed E-state index contributed by atoms with van der Waals surface area (Å²) < 4.78 is 30.3. The zero-order valence-corrected chi connectivity index (χ0v) is 21.4. The molecule has 4 aromatic carbocycles. The highest BCUT2D eigenvalue weighted by Crippen LogP contribution is 2.59. The van der Waals surface area contributed by atoms with Crippen LogP contribution in [-0.2, 0) is 22.0 Å². The van der Waals surface area contributed by atoms with Crippen molar-refractivity contribution >= 4 is 15.7 Å². The molecule has 0 aliphatic carbocycles. The quantitative estimate of drug-likeness (QED) is 0.337. The Kier molecular flexibility index (Phi) is 5.51. The van der Waals surface area contributed by atoms with Gasteiger partial charge in [-0.05, 0) is 41.8 Å². The maximum absolute atomic E-state index is 14.3. The molecule has 4 nitrogen and oxygen atoms in total. The van der Waals surface area contributed by atoms with E-state index >= 15 is 0 Å². The van der Waals surface area contributed by atoms with Gasteiger partial charge in [-0.2, -0.15) is 4.31 Å². The second kappa shape index (κ2) is 8.61. The van der Waals surface area contributed by atoms with E-state index in [9.17, 15) is 8.42 Å². The number of para-hydroxylation sites is 1. The van der Waals surface area contributed by atoms with Crippen molar-refractivity contribution < 1.29 is 8.42 Å². The molecule has 0 spiro atoms. The zero-order valence-electron chi connectivity index (χ0n) is 20.6. The first kappa shape index (κ1) is 23.0. The normalized spacial score (nSPS) is 23.4. The molecule has 2 aliphatic rings. The van der Waals surface area contributed by atoms with E-state index in [2.05, 4.69) is 60.4 Å². The maximum Gasteiger partial charge on any atom is 0.244 e. The van der Waals surface area contributed by atoms with Gasteiger partial charge in [-0.25, -0.2) is 8.42 Å². The lowest BCUT2D eigenvalue weighted by atomic mass is 9.71. The second-order valence-electron chi connectivity index (χ2n) is 10.1. The number of benzene rings is 4. The van der Waals surface area contributed by atoms with Crippen LogP contribution in [0.25, 0.3) is 0 Å². The van der Waals surface area contributed by atoms with Crippen LogP contribution in [0, 0.1) is 6.92 Å². The predicted octanol–water partition coefficient (Wildman–Crippen LogP) is 6.09. The molecule has 4 aromatic rings. The van der Waals surface area contributed by atoms with Crippen LogP contribution in [0.4, 0.5) is 5.69 Å². The summed E-state index contributed by atoms with van der Waals surface area (Å²) in [5.41, 5.74) is 5.28. The molecule has 3 atom stereocenters. The Balaban J connectivity index is 1.55. The molecule has 0 radical (unpaired) electrons. The van der Waals surface area contributed by atoms with Gasteiger partial charge in [0.15, 0.2) is 0 Å². The highest BCUT2D eigenvalue weighted by molar-refractivity contribution is 7.89. The lowest BCUT2D eigenvalue weighted by molar-refractivity contribution is 0.313. The second-order valence-corrected chi connectivity index (χ2v) is 12.0. The van der Waals surface area contributed by atoms with Crippen molar-refractivity contribution in [3.63, 3.8) is 0 Å². The van der Waals surface area contributed by atoms with E-state index in [1.165, 1.54) is 11.1 Å². The number of hydrogen-bond donors (Lipinski definition) is 0. The number of nitrogens with zero attached hydrogens (tertiary/aromatic N) is 2. The Morgan fingerprint density at radius 2 is 1.42 bits per heavy atom. The molecule has 0 N–H and O–H groups in total. The van der Waals surface area contributed by atoms with Gasteiger partial charge in [-0.3, -0.25) is 0 Å². The molecular formula is C31H30N2O2S. The molecule has 0 saturated carbocycles. The van der Waals surface area contributed by atoms with Crippen LogP contribution < -0.4 is 4.90 Å². The summed E-state index contributed by atoms with van der Waals surface area (Å²) in [6.45, 7) is 5.30. The summed E-state index contributed by atoms with van der Waals surface area (Å²) in [5.74, 6) is 0.0193. The minimum atomic E-state index is -3.74. The van der Waals surface area contributed by atoms with Crippen LogP contribution in [0.1, 0.15) is 35.1 Å². The standard InChI is InChI=1S/C31H30N2O2S/c1-23-17-19-26(20-18-23)36(34,35)33-22-28(25-13-7-4-8-14-25)31(2)27-15-9-10-16-29(27)32(30(31)33)21-24-11-5-3-6-12-24/h3-20,28,30H,21-22H2,1-2H3/t28-,30-,31+/m0/s1. The SMILES string of the molecule is Cc1ccc(S(=O)(=O)N2C[C@@H](c3ccccc3)[C@@]3(C)c4ccccc4N(Cc4ccccc4)[C@@H]23)cc1. The highest BCUT2D eigenvalue weighted by atomic mass is 32.2. The highest BCUT2D eigenvalue weighted by Gasteiger charge is 2.62. The number of hydrogen-bond acceptors (Lipinski definition) is 3. The molecule has 36 heavy (non-hydrogen) atoms. The lowest BCUT2D eigenvalue weighted by Crippen LogP contribution is -2.51. The van der Waals surface area contributed by atoms with Crippen LogP contribution >= 0.6 is 0 Å². The van der Waals surface area contributed by atoms with Crippen LogP contribution in [0.2, 0.25) is 0 Å². The van der Waals surface area contributed by atoms with Crippen LogP contribution in [0.5, 0.6) is 0 Å². The van der Waals surface area contributed by atoms with Gasteiger partial charge in [-0.15, -0.1) is 0 Å². The van der Waals surface area contributed by atoms with Gasteiger partial charge in [0.25, 0.3) is 0 Å². The van der Waals surface area contributed by atoms with Crippen molar-refractivity contribution in [2.24, 2.45) is 0 Å². The topological polar surface area (TPSA) is 40.6 Å². The first-order valence-corrected chi connectivity index (χ1v) is 13.9. The van der Waals surface area contributed by atoms with Gasteiger partial charge in [0, 0.05) is 30.1 Å². The average Bonchev–Trinajstić information content (AvgIpc) is 3.35. The molecule has 2 heterocycles. The van der Waals surface area contributed by atoms with Crippen molar-refractivity contribution in [1.29, 1.82) is 0 Å². The van der Waals surface area contributed by atoms with E-state index < -0.39 is 15.4 Å². The van der Waals surface area contributed by atoms with Gasteiger partial charge < -0.3 is 4.90 Å². The third-order valence-corrected chi connectivity index (χ3v) is 9.84. The molecular weight excluding hydrogens is 464 g/mol. The van der Waals surface area contributed by atoms with E-state index in [4.69, 9.17) is 0 Å². The number of aryl methyl sites for hydroxylation is 1. The monoisotopic (exact) mass is 494 g/mol. The molecule has 2 aliphatic heterocycles. The Bertz CT molecular complexity index is 1490. The maximum atomic E-state index is 14.3. The third-order valence-electron chi connectivity index (χ3n) is 8.01. The zero-order chi connectivity index (χ0) is 24.9. The number of sulfonamides is 1. The molecule has 0 unspecified atom stereocenters. The third kappa shape index (κ3) is 3.49. The fourth-order valence-electron chi connectivity index (χ4n) is 6.23. The molecule has 0 aromatic heterocycles. The number of rotatable bonds is 5. The Hall–Kier alpha value is -3.41. The summed E-state index contributed by atoms with van der Waals surface area (Å²) in [6, 6.07) is 36.4. The van der Waals surface area contributed by atoms with Gasteiger partial charge in [0.1, 0.15) is 6.17 Å². The van der Waals surface area contributed by atoms with E-state index in [1.807, 2.05) is 55.5 Å². The first-order chi connectivity index (χ1) is 17.4. The fourth-order valence-corrected chi connectivity index (χ4v) is 7.92. The molecule has 1 saturated heterocycles. The Labute approximate surface area is 213 Å². The van der Waals surface area contributed by atoms with Crippen molar-refractivity contribution in [3.8, 4) is 0 Å². The molecule has 1 fully saturated rings. The van der Waals surface area contributed by atoms with Crippen molar-refractivity contribution in [2.75, 3.05) is 11.4 Å². The van der Waals surface area contributed by atoms with Crippen molar-refractivity contribution in [1.82, 2.24) is 4.31 Å². The van der Waals surface area contributed by atoms with E-state index in [1.54, 1.807) is 16.4 Å². The smallest absolute Gasteiger partial charge is 0.244 e. The van der Waals surface area contributed by atoms with Gasteiger partial charge in [-0.1, -0.05) is 103 Å². The van der Waals surface area contributed by atoms with E-state index in [0.717, 1.165) is 16.8 Å². The molecule has 6 rings (SSSR count).